The van der Waals surface area contributed by atoms with E-state index in [0.29, 0.717) is 0 Å². The van der Waals surface area contributed by atoms with Crippen LogP contribution in [0.15, 0.2) is 0 Å². The first kappa shape index (κ1) is 20.3. The van der Waals surface area contributed by atoms with E-state index in [4.69, 9.17) is 14.2 Å². The third kappa shape index (κ3) is 5.68. The van der Waals surface area contributed by atoms with Crippen molar-refractivity contribution >= 4 is 34.3 Å². The van der Waals surface area contributed by atoms with Gasteiger partial charge in [0.2, 0.25) is 0 Å². The van der Waals surface area contributed by atoms with E-state index in [0.717, 1.165) is 13.5 Å². The molecule has 6 nitrogen and oxygen atoms in total. The molecule has 0 bridgehead atoms. The summed E-state index contributed by atoms with van der Waals surface area (Å²) in [4.78, 5) is 22.8. The summed E-state index contributed by atoms with van der Waals surface area (Å²) in [6.07, 6.45) is -0.859. The molecule has 1 heterocycles. The number of hydrogen-bond donors (Lipinski definition) is 0. The Morgan fingerprint density at radius 2 is 1.87 bits per heavy atom. The van der Waals surface area contributed by atoms with Gasteiger partial charge in [-0.25, -0.2) is 0 Å². The van der Waals surface area contributed by atoms with Crippen molar-refractivity contribution in [3.63, 3.8) is 0 Å². The summed E-state index contributed by atoms with van der Waals surface area (Å²) in [6.45, 7) is 10.3. The fraction of sp³-hybridized carbons (Fsp3) is 0.857. The first-order chi connectivity index (χ1) is 10.8. The summed E-state index contributed by atoms with van der Waals surface area (Å²) in [5.41, 5.74) is 0.0336. The molecule has 0 aromatic heterocycles. The Labute approximate surface area is 140 Å². The monoisotopic (exact) mass is 341 g/mol. The van der Waals surface area contributed by atoms with E-state index in [9.17, 15) is 14.3 Å². The fourth-order valence-corrected chi connectivity index (χ4v) is 4.19. The van der Waals surface area contributed by atoms with E-state index in [-0.39, 0.29) is 32.1 Å². The second-order valence-corrected chi connectivity index (χ2v) is 7.23. The van der Waals surface area contributed by atoms with Crippen LogP contribution in [0.2, 0.25) is 0 Å². The molecule has 1 aliphatic rings. The van der Waals surface area contributed by atoms with E-state index < -0.39 is 24.3 Å². The van der Waals surface area contributed by atoms with Crippen LogP contribution in [0.25, 0.3) is 0 Å². The molecule has 1 saturated heterocycles. The SMILES string of the molecule is CC[C@H](C)C1OC(OC(C)=O)C(OC(C)=O)[C@@H](C)[C@@H]1P[B]B=O. The molecule has 0 aliphatic carbocycles. The average molecular weight is 341 g/mol. The number of esters is 2. The van der Waals surface area contributed by atoms with Crippen LogP contribution in [0.4, 0.5) is 0 Å². The second kappa shape index (κ2) is 9.53. The van der Waals surface area contributed by atoms with Crippen LogP contribution >= 0.6 is 8.46 Å². The molecule has 0 N–H and O–H groups in total. The van der Waals surface area contributed by atoms with Crippen molar-refractivity contribution in [3.05, 3.63) is 0 Å². The van der Waals surface area contributed by atoms with Crippen molar-refractivity contribution in [1.82, 2.24) is 0 Å². The molecule has 7 atom stereocenters. The van der Waals surface area contributed by atoms with E-state index in [1.165, 1.54) is 13.8 Å². The van der Waals surface area contributed by atoms with Crippen molar-refractivity contribution in [2.75, 3.05) is 0 Å². The normalized spacial score (nSPS) is 32.1. The van der Waals surface area contributed by atoms with Gasteiger partial charge in [0.05, 0.1) is 0 Å². The quantitative estimate of drug-likeness (QED) is 0.397. The minimum absolute atomic E-state index is 0.0336. The van der Waals surface area contributed by atoms with Gasteiger partial charge in [0.25, 0.3) is 0 Å². The van der Waals surface area contributed by atoms with Gasteiger partial charge in [0.1, 0.15) is 0 Å². The van der Waals surface area contributed by atoms with Crippen LogP contribution in [-0.2, 0) is 28.5 Å². The van der Waals surface area contributed by atoms with Gasteiger partial charge in [-0.05, 0) is 0 Å². The zero-order chi connectivity index (χ0) is 17.6. The zero-order valence-corrected chi connectivity index (χ0v) is 15.3. The van der Waals surface area contributed by atoms with E-state index in [1.54, 1.807) is 6.89 Å². The molecule has 0 spiro atoms. The summed E-state index contributed by atoms with van der Waals surface area (Å²) < 4.78 is 27.3. The Hall–Kier alpha value is -0.740. The van der Waals surface area contributed by atoms with Crippen LogP contribution in [0.3, 0.4) is 0 Å². The van der Waals surface area contributed by atoms with Gasteiger partial charge in [0.15, 0.2) is 0 Å². The Morgan fingerprint density at radius 1 is 1.26 bits per heavy atom. The molecule has 0 amide bonds. The molecule has 1 rings (SSSR count). The van der Waals surface area contributed by atoms with Crippen molar-refractivity contribution in [2.45, 2.75) is 65.2 Å². The standard InChI is InChI=1S/C14H24B2O6P/c1-6-7(2)11-13(23-16-15-19)8(3)12(20-9(4)17)14(22-11)21-10(5)18/h7-8,11-14,23H,6H2,1-5H3/t7-,8+,11?,12?,13-,14?/m0/s1. The Kier molecular flexibility index (Phi) is 8.41. The number of ether oxygens (including phenoxy) is 3. The summed E-state index contributed by atoms with van der Waals surface area (Å²) >= 11 is 0. The summed E-state index contributed by atoms with van der Waals surface area (Å²) in [5, 5.41) is 0. The molecular weight excluding hydrogens is 317 g/mol. The maximum absolute atomic E-state index is 11.4. The van der Waals surface area contributed by atoms with Crippen LogP contribution in [0.1, 0.15) is 41.0 Å². The van der Waals surface area contributed by atoms with Crippen molar-refractivity contribution < 1.29 is 28.5 Å². The molecule has 0 aromatic carbocycles. The van der Waals surface area contributed by atoms with Crippen LogP contribution in [0, 0.1) is 11.8 Å². The Morgan fingerprint density at radius 3 is 2.35 bits per heavy atom. The summed E-state index contributed by atoms with van der Waals surface area (Å²) in [5.74, 6) is -0.800. The number of rotatable bonds is 7. The van der Waals surface area contributed by atoms with Crippen LogP contribution < -0.4 is 0 Å². The van der Waals surface area contributed by atoms with E-state index >= 15 is 0 Å². The molecule has 23 heavy (non-hydrogen) atoms. The van der Waals surface area contributed by atoms with Gasteiger partial charge in [0, 0.05) is 0 Å². The van der Waals surface area contributed by atoms with Gasteiger partial charge in [-0.2, -0.15) is 0 Å². The maximum atomic E-state index is 11.4. The van der Waals surface area contributed by atoms with Crippen molar-refractivity contribution in [3.8, 4) is 0 Å². The van der Waals surface area contributed by atoms with Gasteiger partial charge < -0.3 is 0 Å². The Balaban J connectivity index is 3.06. The molecule has 0 aromatic rings. The van der Waals surface area contributed by atoms with Crippen LogP contribution in [-0.4, -0.2) is 50.0 Å². The average Bonchev–Trinajstić information content (AvgIpc) is 2.48. The molecule has 127 valence electrons. The zero-order valence-electron chi connectivity index (χ0n) is 14.3. The van der Waals surface area contributed by atoms with E-state index in [1.807, 2.05) is 6.92 Å². The first-order valence-corrected chi connectivity index (χ1v) is 9.00. The predicted molar refractivity (Wildman–Crippen MR) is 88.9 cm³/mol. The van der Waals surface area contributed by atoms with Gasteiger partial charge in [-0.1, -0.05) is 0 Å². The fourth-order valence-electron chi connectivity index (χ4n) is 2.80. The van der Waals surface area contributed by atoms with Gasteiger partial charge in [-0.3, -0.25) is 0 Å². The summed E-state index contributed by atoms with van der Waals surface area (Å²) in [6, 6.07) is 0. The predicted octanol–water partition coefficient (Wildman–Crippen LogP) is 1.52. The topological polar surface area (TPSA) is 78.9 Å². The van der Waals surface area contributed by atoms with Gasteiger partial charge in [-0.15, -0.1) is 0 Å². The van der Waals surface area contributed by atoms with Crippen molar-refractivity contribution in [2.24, 2.45) is 11.8 Å². The molecule has 1 aliphatic heterocycles. The third-order valence-electron chi connectivity index (χ3n) is 4.14. The van der Waals surface area contributed by atoms with E-state index in [2.05, 4.69) is 13.8 Å². The number of hydrogen-bond acceptors (Lipinski definition) is 6. The molecule has 1 fully saturated rings. The molecule has 0 saturated carbocycles. The summed E-state index contributed by atoms with van der Waals surface area (Å²) in [7, 11) is 1.03. The third-order valence-corrected chi connectivity index (χ3v) is 5.71. The molecule has 9 heteroatoms. The molecule has 4 unspecified atom stereocenters. The number of carbonyl (C=O) groups excluding carboxylic acids is 2. The Bertz CT molecular complexity index is 435. The van der Waals surface area contributed by atoms with Gasteiger partial charge >= 0.3 is 140 Å². The molecular formula is C14H24B2O6P. The first-order valence-electron chi connectivity index (χ1n) is 7.84. The molecule has 1 radical (unpaired) electrons. The van der Waals surface area contributed by atoms with Crippen LogP contribution in [0.5, 0.6) is 0 Å². The second-order valence-electron chi connectivity index (χ2n) is 5.89. The van der Waals surface area contributed by atoms with Crippen molar-refractivity contribution in [1.29, 1.82) is 0 Å². The number of carbonyl (C=O) groups is 2. The minimum atomic E-state index is -0.914.